The summed E-state index contributed by atoms with van der Waals surface area (Å²) in [6.07, 6.45) is 5.69. The molecular weight excluding hydrogens is 270 g/mol. The molecule has 21 heavy (non-hydrogen) atoms. The standard InChI is InChI=1S/C15H25N3O3/c1-11-8-13(18-21-11)9-16-14(20)17-15(2,10-19)12-6-4-3-5-7-12/h8,12,19H,3-7,9-10H2,1-2H3,(H2,16,17,20). The van der Waals surface area contributed by atoms with E-state index < -0.39 is 5.54 Å². The van der Waals surface area contributed by atoms with Gasteiger partial charge < -0.3 is 20.3 Å². The van der Waals surface area contributed by atoms with Gasteiger partial charge in [-0.25, -0.2) is 4.79 Å². The van der Waals surface area contributed by atoms with Crippen LogP contribution in [0, 0.1) is 12.8 Å². The fraction of sp³-hybridized carbons (Fsp3) is 0.733. The number of carbonyl (C=O) groups is 1. The first-order valence-corrected chi connectivity index (χ1v) is 7.62. The number of carbonyl (C=O) groups excluding carboxylic acids is 1. The summed E-state index contributed by atoms with van der Waals surface area (Å²) in [6.45, 7) is 3.99. The van der Waals surface area contributed by atoms with Crippen molar-refractivity contribution < 1.29 is 14.4 Å². The van der Waals surface area contributed by atoms with Crippen LogP contribution >= 0.6 is 0 Å². The highest BCUT2D eigenvalue weighted by molar-refractivity contribution is 5.74. The molecule has 0 aliphatic heterocycles. The Morgan fingerprint density at radius 3 is 2.76 bits per heavy atom. The number of rotatable bonds is 5. The summed E-state index contributed by atoms with van der Waals surface area (Å²) in [6, 6.07) is 1.50. The molecular formula is C15H25N3O3. The molecule has 6 heteroatoms. The van der Waals surface area contributed by atoms with Gasteiger partial charge in [-0.05, 0) is 32.6 Å². The maximum atomic E-state index is 12.0. The Kier molecular flexibility index (Phi) is 5.22. The molecule has 1 saturated carbocycles. The first-order valence-electron chi connectivity index (χ1n) is 7.62. The summed E-state index contributed by atoms with van der Waals surface area (Å²) in [5.74, 6) is 1.05. The first kappa shape index (κ1) is 15.8. The lowest BCUT2D eigenvalue weighted by Gasteiger charge is -2.39. The van der Waals surface area contributed by atoms with Gasteiger partial charge >= 0.3 is 6.03 Å². The molecule has 1 aromatic heterocycles. The van der Waals surface area contributed by atoms with E-state index in [1.165, 1.54) is 19.3 Å². The number of aromatic nitrogens is 1. The molecule has 1 aliphatic carbocycles. The maximum absolute atomic E-state index is 12.0. The zero-order valence-corrected chi connectivity index (χ0v) is 12.8. The van der Waals surface area contributed by atoms with Crippen LogP contribution in [0.25, 0.3) is 0 Å². The van der Waals surface area contributed by atoms with Crippen molar-refractivity contribution in [2.45, 2.75) is 58.0 Å². The van der Waals surface area contributed by atoms with E-state index in [1.54, 1.807) is 6.07 Å². The van der Waals surface area contributed by atoms with Crippen molar-refractivity contribution in [1.29, 1.82) is 0 Å². The van der Waals surface area contributed by atoms with E-state index >= 15 is 0 Å². The molecule has 1 fully saturated rings. The molecule has 0 spiro atoms. The smallest absolute Gasteiger partial charge is 0.315 e. The van der Waals surface area contributed by atoms with Crippen LogP contribution in [0.1, 0.15) is 50.5 Å². The highest BCUT2D eigenvalue weighted by atomic mass is 16.5. The molecule has 0 saturated heterocycles. The fourth-order valence-electron chi connectivity index (χ4n) is 2.99. The van der Waals surface area contributed by atoms with Crippen molar-refractivity contribution in [2.75, 3.05) is 6.61 Å². The van der Waals surface area contributed by atoms with Crippen LogP contribution in [0.5, 0.6) is 0 Å². The summed E-state index contributed by atoms with van der Waals surface area (Å²) >= 11 is 0. The topological polar surface area (TPSA) is 87.4 Å². The summed E-state index contributed by atoms with van der Waals surface area (Å²) in [5, 5.41) is 19.2. The summed E-state index contributed by atoms with van der Waals surface area (Å²) in [7, 11) is 0. The summed E-state index contributed by atoms with van der Waals surface area (Å²) < 4.78 is 4.95. The number of urea groups is 1. The number of aryl methyl sites for hydroxylation is 1. The number of hydrogen-bond acceptors (Lipinski definition) is 4. The van der Waals surface area contributed by atoms with Gasteiger partial charge in [-0.3, -0.25) is 0 Å². The minimum atomic E-state index is -0.565. The first-order chi connectivity index (χ1) is 10.0. The van der Waals surface area contributed by atoms with Crippen LogP contribution in [-0.4, -0.2) is 28.4 Å². The van der Waals surface area contributed by atoms with Gasteiger partial charge in [0, 0.05) is 6.07 Å². The van der Waals surface area contributed by atoms with Gasteiger partial charge in [0.1, 0.15) is 11.5 Å². The van der Waals surface area contributed by atoms with Crippen LogP contribution in [0.4, 0.5) is 4.79 Å². The van der Waals surface area contributed by atoms with E-state index in [0.717, 1.165) is 18.6 Å². The molecule has 1 heterocycles. The molecule has 118 valence electrons. The van der Waals surface area contributed by atoms with E-state index in [0.29, 0.717) is 18.2 Å². The van der Waals surface area contributed by atoms with Crippen molar-refractivity contribution in [3.63, 3.8) is 0 Å². The Labute approximate surface area is 125 Å². The molecule has 3 N–H and O–H groups in total. The Bertz CT molecular complexity index is 468. The molecule has 0 aromatic carbocycles. The van der Waals surface area contributed by atoms with Crippen LogP contribution in [0.2, 0.25) is 0 Å². The van der Waals surface area contributed by atoms with E-state index in [1.807, 2.05) is 13.8 Å². The molecule has 2 rings (SSSR count). The number of nitrogens with zero attached hydrogens (tertiary/aromatic N) is 1. The van der Waals surface area contributed by atoms with Crippen molar-refractivity contribution in [1.82, 2.24) is 15.8 Å². The van der Waals surface area contributed by atoms with E-state index in [9.17, 15) is 9.90 Å². The van der Waals surface area contributed by atoms with Crippen molar-refractivity contribution in [2.24, 2.45) is 5.92 Å². The quantitative estimate of drug-likeness (QED) is 0.776. The Morgan fingerprint density at radius 2 is 2.19 bits per heavy atom. The highest BCUT2D eigenvalue weighted by Gasteiger charge is 2.35. The maximum Gasteiger partial charge on any atom is 0.315 e. The lowest BCUT2D eigenvalue weighted by atomic mass is 9.76. The largest absolute Gasteiger partial charge is 0.394 e. The van der Waals surface area contributed by atoms with Crippen molar-refractivity contribution in [3.05, 3.63) is 17.5 Å². The average molecular weight is 295 g/mol. The second-order valence-corrected chi connectivity index (χ2v) is 6.15. The van der Waals surface area contributed by atoms with Crippen LogP contribution < -0.4 is 10.6 Å². The van der Waals surface area contributed by atoms with Crippen LogP contribution in [0.15, 0.2) is 10.6 Å². The van der Waals surface area contributed by atoms with Gasteiger partial charge in [-0.2, -0.15) is 0 Å². The molecule has 1 atom stereocenters. The molecule has 1 aliphatic rings. The molecule has 0 bridgehead atoms. The highest BCUT2D eigenvalue weighted by Crippen LogP contribution is 2.32. The van der Waals surface area contributed by atoms with E-state index in [4.69, 9.17) is 4.52 Å². The minimum absolute atomic E-state index is 0.0475. The SMILES string of the molecule is Cc1cc(CNC(=O)NC(C)(CO)C2CCCCC2)no1. The summed E-state index contributed by atoms with van der Waals surface area (Å²) in [5.41, 5.74) is 0.121. The van der Waals surface area contributed by atoms with Crippen molar-refractivity contribution >= 4 is 6.03 Å². The van der Waals surface area contributed by atoms with Crippen molar-refractivity contribution in [3.8, 4) is 0 Å². The Morgan fingerprint density at radius 1 is 1.48 bits per heavy atom. The molecule has 0 radical (unpaired) electrons. The number of aliphatic hydroxyl groups excluding tert-OH is 1. The molecule has 1 unspecified atom stereocenters. The molecule has 1 aromatic rings. The van der Waals surface area contributed by atoms with Gasteiger partial charge in [0.25, 0.3) is 0 Å². The van der Waals surface area contributed by atoms with Crippen LogP contribution in [-0.2, 0) is 6.54 Å². The van der Waals surface area contributed by atoms with Gasteiger partial charge in [-0.1, -0.05) is 24.4 Å². The molecule has 2 amide bonds. The zero-order valence-electron chi connectivity index (χ0n) is 12.8. The third-order valence-corrected chi connectivity index (χ3v) is 4.34. The van der Waals surface area contributed by atoms with Gasteiger partial charge in [-0.15, -0.1) is 0 Å². The van der Waals surface area contributed by atoms with Crippen LogP contribution in [0.3, 0.4) is 0 Å². The monoisotopic (exact) mass is 295 g/mol. The average Bonchev–Trinajstić information content (AvgIpc) is 2.91. The lowest BCUT2D eigenvalue weighted by Crippen LogP contribution is -2.57. The number of aliphatic hydroxyl groups is 1. The second kappa shape index (κ2) is 6.93. The third-order valence-electron chi connectivity index (χ3n) is 4.34. The normalized spacial score (nSPS) is 19.0. The third kappa shape index (κ3) is 4.20. The van der Waals surface area contributed by atoms with E-state index in [2.05, 4.69) is 15.8 Å². The lowest BCUT2D eigenvalue weighted by molar-refractivity contribution is 0.101. The summed E-state index contributed by atoms with van der Waals surface area (Å²) in [4.78, 5) is 12.0. The predicted molar refractivity (Wildman–Crippen MR) is 78.7 cm³/mol. The number of amides is 2. The Hall–Kier alpha value is -1.56. The number of nitrogens with one attached hydrogen (secondary N) is 2. The number of hydrogen-bond donors (Lipinski definition) is 3. The zero-order chi connectivity index (χ0) is 15.3. The van der Waals surface area contributed by atoms with Gasteiger partial charge in [0.05, 0.1) is 18.7 Å². The Balaban J connectivity index is 1.86. The molecule has 6 nitrogen and oxygen atoms in total. The predicted octanol–water partition coefficient (Wildman–Crippen LogP) is 2.11. The van der Waals surface area contributed by atoms with E-state index in [-0.39, 0.29) is 12.6 Å². The van der Waals surface area contributed by atoms with Gasteiger partial charge in [0.15, 0.2) is 0 Å². The van der Waals surface area contributed by atoms with Gasteiger partial charge in [0.2, 0.25) is 0 Å². The second-order valence-electron chi connectivity index (χ2n) is 6.15. The fourth-order valence-corrected chi connectivity index (χ4v) is 2.99. The minimum Gasteiger partial charge on any atom is -0.394 e.